The summed E-state index contributed by atoms with van der Waals surface area (Å²) in [7, 11) is 2.78. The van der Waals surface area contributed by atoms with Gasteiger partial charge in [0.15, 0.2) is 11.5 Å². The summed E-state index contributed by atoms with van der Waals surface area (Å²) in [6.45, 7) is 0.0530. The minimum Gasteiger partial charge on any atom is -0.454 e. The van der Waals surface area contributed by atoms with Crippen LogP contribution in [0.15, 0.2) is 18.2 Å². The molecule has 1 atom stereocenters. The van der Waals surface area contributed by atoms with Crippen molar-refractivity contribution in [2.75, 3.05) is 20.9 Å². The van der Waals surface area contributed by atoms with Crippen LogP contribution in [0.5, 0.6) is 11.5 Å². The van der Waals surface area contributed by atoms with Gasteiger partial charge >= 0.3 is 6.18 Å². The van der Waals surface area contributed by atoms with Crippen molar-refractivity contribution in [1.29, 1.82) is 0 Å². The smallest absolute Gasteiger partial charge is 0.408 e. The number of benzene rings is 1. The summed E-state index contributed by atoms with van der Waals surface area (Å²) < 4.78 is 48.8. The van der Waals surface area contributed by atoms with E-state index in [1.807, 2.05) is 0 Å². The molecule has 1 heterocycles. The van der Waals surface area contributed by atoms with E-state index in [-0.39, 0.29) is 12.4 Å². The SMILES string of the molecule is CN(C)C(c1ccc2c(c1)OCO2)C(F)(F)F. The lowest BCUT2D eigenvalue weighted by atomic mass is 10.0. The zero-order valence-electron chi connectivity index (χ0n) is 9.41. The fraction of sp³-hybridized carbons (Fsp3) is 0.455. The molecule has 17 heavy (non-hydrogen) atoms. The molecule has 94 valence electrons. The van der Waals surface area contributed by atoms with E-state index in [1.54, 1.807) is 0 Å². The van der Waals surface area contributed by atoms with Gasteiger partial charge in [-0.25, -0.2) is 0 Å². The Morgan fingerprint density at radius 1 is 1.18 bits per heavy atom. The topological polar surface area (TPSA) is 21.7 Å². The molecule has 0 bridgehead atoms. The lowest BCUT2D eigenvalue weighted by molar-refractivity contribution is -0.179. The van der Waals surface area contributed by atoms with Gasteiger partial charge in [-0.1, -0.05) is 6.07 Å². The lowest BCUT2D eigenvalue weighted by Crippen LogP contribution is -2.33. The Bertz CT molecular complexity index is 418. The highest BCUT2D eigenvalue weighted by atomic mass is 19.4. The Hall–Kier alpha value is -1.43. The van der Waals surface area contributed by atoms with E-state index in [9.17, 15) is 13.2 Å². The number of alkyl halides is 3. The molecule has 0 aromatic heterocycles. The number of halogens is 3. The van der Waals surface area contributed by atoms with Crippen molar-refractivity contribution in [3.05, 3.63) is 23.8 Å². The summed E-state index contributed by atoms with van der Waals surface area (Å²) >= 11 is 0. The van der Waals surface area contributed by atoms with Crippen LogP contribution in [0.25, 0.3) is 0 Å². The Labute approximate surface area is 96.7 Å². The van der Waals surface area contributed by atoms with E-state index in [0.717, 1.165) is 4.90 Å². The number of hydrogen-bond donors (Lipinski definition) is 0. The van der Waals surface area contributed by atoms with Gasteiger partial charge in [0.25, 0.3) is 0 Å². The highest BCUT2D eigenvalue weighted by molar-refractivity contribution is 5.45. The molecule has 0 spiro atoms. The Kier molecular flexibility index (Phi) is 2.91. The average Bonchev–Trinajstić information content (AvgIpc) is 2.61. The van der Waals surface area contributed by atoms with E-state index in [1.165, 1.54) is 32.3 Å². The molecular formula is C11H12F3NO2. The fourth-order valence-corrected chi connectivity index (χ4v) is 1.86. The van der Waals surface area contributed by atoms with Gasteiger partial charge in [-0.15, -0.1) is 0 Å². The predicted molar refractivity (Wildman–Crippen MR) is 55.0 cm³/mol. The largest absolute Gasteiger partial charge is 0.454 e. The molecule has 2 rings (SSSR count). The molecule has 3 nitrogen and oxygen atoms in total. The first kappa shape index (κ1) is 12.0. The highest BCUT2D eigenvalue weighted by Gasteiger charge is 2.42. The number of nitrogens with zero attached hydrogens (tertiary/aromatic N) is 1. The van der Waals surface area contributed by atoms with E-state index < -0.39 is 12.2 Å². The molecule has 0 aliphatic carbocycles. The zero-order valence-corrected chi connectivity index (χ0v) is 9.41. The number of ether oxygens (including phenoxy) is 2. The summed E-state index contributed by atoms with van der Waals surface area (Å²) in [5, 5.41) is 0. The first-order valence-electron chi connectivity index (χ1n) is 5.02. The molecule has 0 fully saturated rings. The van der Waals surface area contributed by atoms with Crippen molar-refractivity contribution in [2.24, 2.45) is 0 Å². The lowest BCUT2D eigenvalue weighted by Gasteiger charge is -2.27. The van der Waals surface area contributed by atoms with Gasteiger partial charge < -0.3 is 9.47 Å². The first-order valence-corrected chi connectivity index (χ1v) is 5.02. The number of hydrogen-bond acceptors (Lipinski definition) is 3. The summed E-state index contributed by atoms with van der Waals surface area (Å²) in [6, 6.07) is 2.64. The average molecular weight is 247 g/mol. The van der Waals surface area contributed by atoms with Crippen LogP contribution in [0.3, 0.4) is 0 Å². The van der Waals surface area contributed by atoms with E-state index in [2.05, 4.69) is 0 Å². The van der Waals surface area contributed by atoms with Gasteiger partial charge in [0.1, 0.15) is 6.04 Å². The van der Waals surface area contributed by atoms with Gasteiger partial charge in [-0.05, 0) is 31.8 Å². The van der Waals surface area contributed by atoms with Crippen molar-refractivity contribution >= 4 is 0 Å². The fourth-order valence-electron chi connectivity index (χ4n) is 1.86. The van der Waals surface area contributed by atoms with Crippen LogP contribution in [0.2, 0.25) is 0 Å². The van der Waals surface area contributed by atoms with Crippen LogP contribution in [-0.4, -0.2) is 32.0 Å². The maximum Gasteiger partial charge on any atom is 0.408 e. The molecule has 1 aliphatic heterocycles. The molecule has 1 aromatic carbocycles. The summed E-state index contributed by atoms with van der Waals surface area (Å²) in [5.41, 5.74) is 0.145. The monoisotopic (exact) mass is 247 g/mol. The molecule has 0 amide bonds. The normalized spacial score (nSPS) is 16.4. The van der Waals surface area contributed by atoms with Gasteiger partial charge in [-0.3, -0.25) is 4.90 Å². The molecule has 0 radical (unpaired) electrons. The Morgan fingerprint density at radius 2 is 1.82 bits per heavy atom. The molecule has 0 saturated heterocycles. The molecule has 6 heteroatoms. The number of fused-ring (bicyclic) bond motifs is 1. The summed E-state index contributed by atoms with van der Waals surface area (Å²) in [5.74, 6) is 0.840. The van der Waals surface area contributed by atoms with Crippen LogP contribution in [0, 0.1) is 0 Å². The second-order valence-corrected chi connectivity index (χ2v) is 4.02. The van der Waals surface area contributed by atoms with Gasteiger partial charge in [0, 0.05) is 0 Å². The van der Waals surface area contributed by atoms with Gasteiger partial charge in [0.2, 0.25) is 6.79 Å². The quantitative estimate of drug-likeness (QED) is 0.801. The summed E-state index contributed by atoms with van der Waals surface area (Å²) in [4.78, 5) is 1.12. The second kappa shape index (κ2) is 4.10. The summed E-state index contributed by atoms with van der Waals surface area (Å²) in [6.07, 6.45) is -4.32. The maximum absolute atomic E-state index is 12.9. The zero-order chi connectivity index (χ0) is 12.6. The van der Waals surface area contributed by atoms with Gasteiger partial charge in [0.05, 0.1) is 0 Å². The second-order valence-electron chi connectivity index (χ2n) is 4.02. The first-order chi connectivity index (χ1) is 7.89. The standard InChI is InChI=1S/C11H12F3NO2/c1-15(2)10(11(12,13)14)7-3-4-8-9(5-7)17-6-16-8/h3-5,10H,6H2,1-2H3. The third kappa shape index (κ3) is 2.31. The Balaban J connectivity index is 2.37. The van der Waals surface area contributed by atoms with E-state index in [4.69, 9.17) is 9.47 Å². The molecular weight excluding hydrogens is 235 g/mol. The molecule has 0 saturated carbocycles. The molecule has 1 unspecified atom stereocenters. The molecule has 1 aliphatic rings. The minimum absolute atomic E-state index is 0.0530. The van der Waals surface area contributed by atoms with Crippen molar-refractivity contribution in [2.45, 2.75) is 12.2 Å². The van der Waals surface area contributed by atoms with E-state index in [0.29, 0.717) is 11.5 Å². The van der Waals surface area contributed by atoms with Crippen molar-refractivity contribution < 1.29 is 22.6 Å². The van der Waals surface area contributed by atoms with Crippen LogP contribution in [-0.2, 0) is 0 Å². The van der Waals surface area contributed by atoms with Crippen LogP contribution in [0.1, 0.15) is 11.6 Å². The van der Waals surface area contributed by atoms with Crippen LogP contribution >= 0.6 is 0 Å². The number of rotatable bonds is 2. The van der Waals surface area contributed by atoms with Crippen molar-refractivity contribution in [1.82, 2.24) is 4.90 Å². The van der Waals surface area contributed by atoms with Crippen molar-refractivity contribution in [3.63, 3.8) is 0 Å². The van der Waals surface area contributed by atoms with Crippen LogP contribution < -0.4 is 9.47 Å². The third-order valence-corrected chi connectivity index (χ3v) is 2.54. The van der Waals surface area contributed by atoms with Crippen molar-refractivity contribution in [3.8, 4) is 11.5 Å². The van der Waals surface area contributed by atoms with E-state index >= 15 is 0 Å². The maximum atomic E-state index is 12.9. The minimum atomic E-state index is -4.32. The van der Waals surface area contributed by atoms with Crippen LogP contribution in [0.4, 0.5) is 13.2 Å². The Morgan fingerprint density at radius 3 is 2.41 bits per heavy atom. The predicted octanol–water partition coefficient (Wildman–Crippen LogP) is 2.58. The highest BCUT2D eigenvalue weighted by Crippen LogP contribution is 2.40. The van der Waals surface area contributed by atoms with Gasteiger partial charge in [-0.2, -0.15) is 13.2 Å². The molecule has 0 N–H and O–H groups in total. The third-order valence-electron chi connectivity index (χ3n) is 2.54. The molecule has 1 aromatic rings.